The number of carbonyl (C=O) groups is 1. The number of pyridine rings is 2. The average molecular weight is 266 g/mol. The van der Waals surface area contributed by atoms with Gasteiger partial charge in [0.15, 0.2) is 6.29 Å². The number of anilines is 1. The van der Waals surface area contributed by atoms with Crippen LogP contribution in [0.15, 0.2) is 42.9 Å². The van der Waals surface area contributed by atoms with E-state index >= 15 is 0 Å². The van der Waals surface area contributed by atoms with Crippen molar-refractivity contribution in [2.24, 2.45) is 0 Å². The van der Waals surface area contributed by atoms with Gasteiger partial charge in [0, 0.05) is 37.4 Å². The van der Waals surface area contributed by atoms with Gasteiger partial charge in [-0.25, -0.2) is 9.97 Å². The van der Waals surface area contributed by atoms with E-state index in [4.69, 9.17) is 0 Å². The van der Waals surface area contributed by atoms with Crippen LogP contribution in [0.4, 0.5) is 5.82 Å². The molecule has 0 aromatic carbocycles. The molecule has 0 fully saturated rings. The van der Waals surface area contributed by atoms with Crippen LogP contribution in [-0.4, -0.2) is 34.9 Å². The third-order valence-electron chi connectivity index (χ3n) is 3.15. The van der Waals surface area contributed by atoms with Crippen molar-refractivity contribution in [2.45, 2.75) is 0 Å². The summed E-state index contributed by atoms with van der Waals surface area (Å²) < 4.78 is 1.95. The second-order valence-corrected chi connectivity index (χ2v) is 4.75. The van der Waals surface area contributed by atoms with E-state index in [1.54, 1.807) is 6.20 Å². The second kappa shape index (κ2) is 4.77. The second-order valence-electron chi connectivity index (χ2n) is 4.75. The molecule has 5 heteroatoms. The zero-order valence-corrected chi connectivity index (χ0v) is 11.3. The van der Waals surface area contributed by atoms with Gasteiger partial charge in [0.1, 0.15) is 11.5 Å². The highest BCUT2D eigenvalue weighted by Crippen LogP contribution is 2.20. The van der Waals surface area contributed by atoms with Gasteiger partial charge in [0.25, 0.3) is 0 Å². The van der Waals surface area contributed by atoms with Gasteiger partial charge < -0.3 is 4.90 Å². The Kier molecular flexibility index (Phi) is 2.95. The molecule has 0 bridgehead atoms. The largest absolute Gasteiger partial charge is 0.363 e. The molecule has 3 aromatic heterocycles. The van der Waals surface area contributed by atoms with Gasteiger partial charge in [-0.2, -0.15) is 0 Å². The van der Waals surface area contributed by atoms with E-state index in [-0.39, 0.29) is 0 Å². The fraction of sp³-hybridized carbons (Fsp3) is 0.133. The van der Waals surface area contributed by atoms with Crippen molar-refractivity contribution in [3.05, 3.63) is 48.4 Å². The molecule has 0 saturated heterocycles. The summed E-state index contributed by atoms with van der Waals surface area (Å²) >= 11 is 0. The van der Waals surface area contributed by atoms with Crippen LogP contribution in [0.25, 0.3) is 16.7 Å². The van der Waals surface area contributed by atoms with E-state index in [1.165, 1.54) is 0 Å². The number of hydrogen-bond acceptors (Lipinski definition) is 4. The Morgan fingerprint density at radius 2 is 2.00 bits per heavy atom. The molecule has 3 rings (SSSR count). The predicted octanol–water partition coefficient (Wildman–Crippen LogP) is 2.30. The number of aromatic nitrogens is 3. The highest BCUT2D eigenvalue weighted by atomic mass is 16.1. The summed E-state index contributed by atoms with van der Waals surface area (Å²) in [5, 5.41) is 0.936. The van der Waals surface area contributed by atoms with Gasteiger partial charge in [-0.1, -0.05) is 0 Å². The molecule has 5 nitrogen and oxygen atoms in total. The number of aldehydes is 1. The first-order valence-corrected chi connectivity index (χ1v) is 6.25. The predicted molar refractivity (Wildman–Crippen MR) is 78.6 cm³/mol. The molecule has 20 heavy (non-hydrogen) atoms. The molecule has 0 aliphatic carbocycles. The van der Waals surface area contributed by atoms with Gasteiger partial charge in [0.05, 0.1) is 11.9 Å². The molecule has 0 radical (unpaired) electrons. The van der Waals surface area contributed by atoms with Gasteiger partial charge in [-0.3, -0.25) is 9.36 Å². The Morgan fingerprint density at radius 1 is 1.15 bits per heavy atom. The molecular weight excluding hydrogens is 252 g/mol. The van der Waals surface area contributed by atoms with Crippen LogP contribution in [-0.2, 0) is 0 Å². The standard InChI is InChI=1S/C15H14N4O/c1-18(2)14-4-3-13(9-16-14)19-6-5-12-7-11(10-20)8-17-15(12)19/h3-10H,1-2H3. The zero-order valence-electron chi connectivity index (χ0n) is 11.3. The van der Waals surface area contributed by atoms with Crippen LogP contribution in [0.2, 0.25) is 0 Å². The highest BCUT2D eigenvalue weighted by Gasteiger charge is 2.06. The van der Waals surface area contributed by atoms with Crippen molar-refractivity contribution < 1.29 is 4.79 Å². The lowest BCUT2D eigenvalue weighted by Crippen LogP contribution is -2.10. The molecule has 0 aliphatic rings. The Labute approximate surface area is 116 Å². The quantitative estimate of drug-likeness (QED) is 0.683. The van der Waals surface area contributed by atoms with Crippen LogP contribution in [0, 0.1) is 0 Å². The minimum absolute atomic E-state index is 0.580. The maximum atomic E-state index is 10.8. The van der Waals surface area contributed by atoms with Crippen molar-refractivity contribution in [3.8, 4) is 5.69 Å². The molecule has 3 heterocycles. The van der Waals surface area contributed by atoms with Gasteiger partial charge in [0.2, 0.25) is 0 Å². The zero-order chi connectivity index (χ0) is 14.1. The average Bonchev–Trinajstić information content (AvgIpc) is 2.90. The normalized spacial score (nSPS) is 10.7. The van der Waals surface area contributed by atoms with Gasteiger partial charge in [-0.05, 0) is 24.3 Å². The Balaban J connectivity index is 2.07. The van der Waals surface area contributed by atoms with Crippen LogP contribution in [0.3, 0.4) is 0 Å². The third kappa shape index (κ3) is 2.03. The Bertz CT molecular complexity index is 759. The topological polar surface area (TPSA) is 51.0 Å². The van der Waals surface area contributed by atoms with Gasteiger partial charge >= 0.3 is 0 Å². The van der Waals surface area contributed by atoms with E-state index in [1.807, 2.05) is 60.2 Å². The summed E-state index contributed by atoms with van der Waals surface area (Å²) in [4.78, 5) is 21.5. The van der Waals surface area contributed by atoms with Crippen molar-refractivity contribution in [1.29, 1.82) is 0 Å². The first kappa shape index (κ1) is 12.3. The Hall–Kier alpha value is -2.69. The summed E-state index contributed by atoms with van der Waals surface area (Å²) in [5.74, 6) is 0.904. The van der Waals surface area contributed by atoms with Crippen LogP contribution < -0.4 is 4.90 Å². The third-order valence-corrected chi connectivity index (χ3v) is 3.15. The van der Waals surface area contributed by atoms with Crippen LogP contribution in [0.1, 0.15) is 10.4 Å². The Morgan fingerprint density at radius 3 is 2.65 bits per heavy atom. The first-order valence-electron chi connectivity index (χ1n) is 6.25. The summed E-state index contributed by atoms with van der Waals surface area (Å²) in [6.45, 7) is 0. The molecule has 0 aliphatic heterocycles. The SMILES string of the molecule is CN(C)c1ccc(-n2ccc3cc(C=O)cnc32)cn1. The van der Waals surface area contributed by atoms with Crippen LogP contribution >= 0.6 is 0 Å². The fourth-order valence-electron chi connectivity index (χ4n) is 2.10. The number of carbonyl (C=O) groups excluding carboxylic acids is 1. The van der Waals surface area contributed by atoms with Crippen molar-refractivity contribution in [2.75, 3.05) is 19.0 Å². The molecule has 0 saturated carbocycles. The summed E-state index contributed by atoms with van der Waals surface area (Å²) in [6.07, 6.45) is 6.12. The number of rotatable bonds is 3. The molecule has 0 spiro atoms. The van der Waals surface area contributed by atoms with E-state index in [0.717, 1.165) is 28.8 Å². The lowest BCUT2D eigenvalue weighted by molar-refractivity contribution is 0.112. The van der Waals surface area contributed by atoms with Crippen LogP contribution in [0.5, 0.6) is 0 Å². The van der Waals surface area contributed by atoms with E-state index < -0.39 is 0 Å². The maximum absolute atomic E-state index is 10.8. The number of nitrogens with zero attached hydrogens (tertiary/aromatic N) is 4. The number of fused-ring (bicyclic) bond motifs is 1. The fourth-order valence-corrected chi connectivity index (χ4v) is 2.10. The van der Waals surface area contributed by atoms with Gasteiger partial charge in [-0.15, -0.1) is 0 Å². The minimum atomic E-state index is 0.580. The van der Waals surface area contributed by atoms with Crippen molar-refractivity contribution in [1.82, 2.24) is 14.5 Å². The molecular formula is C15H14N4O. The summed E-state index contributed by atoms with van der Waals surface area (Å²) in [7, 11) is 3.91. The highest BCUT2D eigenvalue weighted by molar-refractivity contribution is 5.85. The van der Waals surface area contributed by atoms with E-state index in [9.17, 15) is 4.79 Å². The minimum Gasteiger partial charge on any atom is -0.363 e. The maximum Gasteiger partial charge on any atom is 0.151 e. The lowest BCUT2D eigenvalue weighted by Gasteiger charge is -2.11. The molecule has 0 amide bonds. The smallest absolute Gasteiger partial charge is 0.151 e. The summed E-state index contributed by atoms with van der Waals surface area (Å²) in [5.41, 5.74) is 2.34. The molecule has 100 valence electrons. The van der Waals surface area contributed by atoms with E-state index in [2.05, 4.69) is 9.97 Å². The van der Waals surface area contributed by atoms with Crippen molar-refractivity contribution >= 4 is 23.1 Å². The molecule has 0 N–H and O–H groups in total. The van der Waals surface area contributed by atoms with Crippen molar-refractivity contribution in [3.63, 3.8) is 0 Å². The summed E-state index contributed by atoms with van der Waals surface area (Å²) in [6, 6.07) is 7.72. The monoisotopic (exact) mass is 266 g/mol. The van der Waals surface area contributed by atoms with E-state index in [0.29, 0.717) is 5.56 Å². The molecule has 3 aromatic rings. The molecule has 0 unspecified atom stereocenters. The number of hydrogen-bond donors (Lipinski definition) is 0. The first-order chi connectivity index (χ1) is 9.69. The molecule has 0 atom stereocenters. The lowest BCUT2D eigenvalue weighted by atomic mass is 10.2.